The number of hydrogen-bond acceptors (Lipinski definition) is 8. The minimum atomic E-state index is -1.18. The molecule has 0 unspecified atom stereocenters. The van der Waals surface area contributed by atoms with Gasteiger partial charge in [-0.3, -0.25) is 9.69 Å². The van der Waals surface area contributed by atoms with Crippen molar-refractivity contribution in [1.29, 1.82) is 0 Å². The van der Waals surface area contributed by atoms with E-state index in [2.05, 4.69) is 30.9 Å². The summed E-state index contributed by atoms with van der Waals surface area (Å²) in [7, 11) is 1.49. The molecule has 3 rings (SSSR count). The highest BCUT2D eigenvalue weighted by molar-refractivity contribution is 6.00. The second kappa shape index (κ2) is 9.89. The fourth-order valence-electron chi connectivity index (χ4n) is 3.73. The third kappa shape index (κ3) is 5.33. The van der Waals surface area contributed by atoms with Crippen LogP contribution in [0.3, 0.4) is 0 Å². The van der Waals surface area contributed by atoms with Crippen molar-refractivity contribution < 1.29 is 23.8 Å². The number of anilines is 1. The van der Waals surface area contributed by atoms with Gasteiger partial charge in [0.15, 0.2) is 12.2 Å². The molecule has 0 fully saturated rings. The minimum absolute atomic E-state index is 0.0694. The summed E-state index contributed by atoms with van der Waals surface area (Å²) in [6.45, 7) is 9.12. The monoisotopic (exact) mass is 471 g/mol. The Morgan fingerprint density at radius 2 is 2.00 bits per heavy atom. The number of methoxy groups -OCH3 is 1. The molecule has 12 heteroatoms. The molecule has 0 radical (unpaired) electrons. The van der Waals surface area contributed by atoms with Gasteiger partial charge in [0, 0.05) is 17.2 Å². The largest absolute Gasteiger partial charge is 0.496 e. The summed E-state index contributed by atoms with van der Waals surface area (Å²) >= 11 is 0. The Bertz CT molecular complexity index is 1120. The van der Waals surface area contributed by atoms with Gasteiger partial charge < -0.3 is 19.6 Å². The number of tetrazole rings is 1. The Labute approximate surface area is 196 Å². The van der Waals surface area contributed by atoms with Crippen LogP contribution in [0.25, 0.3) is 22.7 Å². The number of carboxylic acid groups (broad SMARTS) is 1. The predicted molar refractivity (Wildman–Crippen MR) is 123 cm³/mol. The first-order valence-electron chi connectivity index (χ1n) is 10.7. The number of nitrogens with zero attached hydrogens (tertiary/aromatic N) is 5. The van der Waals surface area contributed by atoms with Crippen LogP contribution in [0.5, 0.6) is 5.75 Å². The first-order chi connectivity index (χ1) is 16.0. The van der Waals surface area contributed by atoms with Crippen molar-refractivity contribution in [3.8, 4) is 28.5 Å². The fourth-order valence-corrected chi connectivity index (χ4v) is 3.73. The van der Waals surface area contributed by atoms with E-state index >= 15 is 0 Å². The maximum absolute atomic E-state index is 13.5. The predicted octanol–water partition coefficient (Wildman–Crippen LogP) is 3.66. The molecular formula is C22H29N7O5. The summed E-state index contributed by atoms with van der Waals surface area (Å²) in [5, 5.41) is 26.9. The Kier molecular flexibility index (Phi) is 7.18. The smallest absolute Gasteiger partial charge is 0.408 e. The van der Waals surface area contributed by atoms with Gasteiger partial charge in [-0.2, -0.15) is 5.21 Å². The highest BCUT2D eigenvalue weighted by atomic mass is 16.5. The molecule has 3 N–H and O–H groups in total. The van der Waals surface area contributed by atoms with Crippen LogP contribution >= 0.6 is 0 Å². The molecule has 12 nitrogen and oxygen atoms in total. The topological polar surface area (TPSA) is 159 Å². The SMILES string of the molecule is COc1cc(NC(=O)[C@@H](CC(C)C)N(C(=O)O)C(C)(C)C)c(-c2nn[nH]n2)cc1-c1cnco1. The lowest BCUT2D eigenvalue weighted by Gasteiger charge is -2.39. The number of aromatic nitrogens is 5. The van der Waals surface area contributed by atoms with E-state index in [9.17, 15) is 14.7 Å². The lowest BCUT2D eigenvalue weighted by atomic mass is 9.96. The number of ether oxygens (including phenoxy) is 1. The molecule has 0 aliphatic carbocycles. The quantitative estimate of drug-likeness (QED) is 0.445. The standard InChI is InChI=1S/C22H29N7O5/c1-12(2)7-16(29(21(31)32)22(3,4)5)20(30)24-15-9-17(33-6)14(18-10-23-11-34-18)8-13(15)19-25-27-28-26-19/h8-12,16H,7H2,1-6H3,(H,24,30)(H,31,32)(H,25,26,27,28)/t16-/m1/s1. The maximum Gasteiger partial charge on any atom is 0.408 e. The van der Waals surface area contributed by atoms with Crippen molar-refractivity contribution in [2.75, 3.05) is 12.4 Å². The third-order valence-corrected chi connectivity index (χ3v) is 5.12. The molecule has 2 heterocycles. The van der Waals surface area contributed by atoms with Crippen molar-refractivity contribution in [1.82, 2.24) is 30.5 Å². The summed E-state index contributed by atoms with van der Waals surface area (Å²) in [5.41, 5.74) is 0.542. The first-order valence-corrected chi connectivity index (χ1v) is 10.7. The molecule has 1 aromatic carbocycles. The molecule has 0 aliphatic heterocycles. The number of oxazole rings is 1. The number of carbonyl (C=O) groups excluding carboxylic acids is 1. The Morgan fingerprint density at radius 1 is 1.26 bits per heavy atom. The van der Waals surface area contributed by atoms with Gasteiger partial charge in [0.2, 0.25) is 11.7 Å². The maximum atomic E-state index is 13.5. The van der Waals surface area contributed by atoms with E-state index < -0.39 is 23.6 Å². The van der Waals surface area contributed by atoms with E-state index in [1.807, 2.05) is 13.8 Å². The molecule has 3 aromatic rings. The van der Waals surface area contributed by atoms with E-state index in [0.717, 1.165) is 0 Å². The Hall–Kier alpha value is -3.96. The lowest BCUT2D eigenvalue weighted by Crippen LogP contribution is -2.56. The average molecular weight is 472 g/mol. The zero-order valence-corrected chi connectivity index (χ0v) is 20.0. The molecule has 2 amide bonds. The Morgan fingerprint density at radius 3 is 2.50 bits per heavy atom. The van der Waals surface area contributed by atoms with Crippen LogP contribution in [-0.2, 0) is 4.79 Å². The third-order valence-electron chi connectivity index (χ3n) is 5.12. The van der Waals surface area contributed by atoms with Crippen LogP contribution in [-0.4, -0.2) is 66.3 Å². The lowest BCUT2D eigenvalue weighted by molar-refractivity contribution is -0.123. The van der Waals surface area contributed by atoms with Crippen molar-refractivity contribution in [3.05, 3.63) is 24.7 Å². The van der Waals surface area contributed by atoms with Crippen LogP contribution in [0.15, 0.2) is 29.1 Å². The van der Waals surface area contributed by atoms with Gasteiger partial charge in [-0.1, -0.05) is 13.8 Å². The van der Waals surface area contributed by atoms with Gasteiger partial charge in [0.25, 0.3) is 0 Å². The second-order valence-electron chi connectivity index (χ2n) is 9.16. The zero-order chi connectivity index (χ0) is 25.0. The summed E-state index contributed by atoms with van der Waals surface area (Å²) in [6, 6.07) is 2.36. The van der Waals surface area contributed by atoms with E-state index in [4.69, 9.17) is 9.15 Å². The van der Waals surface area contributed by atoms with Crippen molar-refractivity contribution >= 4 is 17.7 Å². The van der Waals surface area contributed by atoms with Crippen molar-refractivity contribution in [2.24, 2.45) is 5.92 Å². The summed E-state index contributed by atoms with van der Waals surface area (Å²) in [5.74, 6) is 0.669. The van der Waals surface area contributed by atoms with Crippen LogP contribution in [0.1, 0.15) is 41.0 Å². The van der Waals surface area contributed by atoms with Crippen LogP contribution in [0.2, 0.25) is 0 Å². The molecule has 1 atom stereocenters. The van der Waals surface area contributed by atoms with E-state index in [1.165, 1.54) is 24.6 Å². The van der Waals surface area contributed by atoms with Crippen LogP contribution in [0, 0.1) is 5.92 Å². The minimum Gasteiger partial charge on any atom is -0.496 e. The summed E-state index contributed by atoms with van der Waals surface area (Å²) < 4.78 is 10.9. The number of nitrogens with one attached hydrogen (secondary N) is 2. The average Bonchev–Trinajstić information content (AvgIpc) is 3.45. The zero-order valence-electron chi connectivity index (χ0n) is 20.0. The number of carbonyl (C=O) groups is 2. The van der Waals surface area contributed by atoms with E-state index in [0.29, 0.717) is 34.7 Å². The molecule has 182 valence electrons. The first kappa shape index (κ1) is 24.7. The van der Waals surface area contributed by atoms with Gasteiger partial charge in [0.05, 0.1) is 24.6 Å². The number of amides is 2. The number of H-pyrrole nitrogens is 1. The number of rotatable bonds is 8. The molecule has 34 heavy (non-hydrogen) atoms. The molecule has 0 bridgehead atoms. The number of benzene rings is 1. The van der Waals surface area contributed by atoms with Crippen molar-refractivity contribution in [2.45, 2.75) is 52.6 Å². The van der Waals surface area contributed by atoms with Crippen molar-refractivity contribution in [3.63, 3.8) is 0 Å². The molecule has 0 saturated carbocycles. The molecule has 0 saturated heterocycles. The molecule has 2 aromatic heterocycles. The van der Waals surface area contributed by atoms with Crippen LogP contribution < -0.4 is 10.1 Å². The van der Waals surface area contributed by atoms with E-state index in [1.54, 1.807) is 32.9 Å². The second-order valence-corrected chi connectivity index (χ2v) is 9.16. The van der Waals surface area contributed by atoms with Crippen LogP contribution in [0.4, 0.5) is 10.5 Å². The molecule has 0 aliphatic rings. The summed E-state index contributed by atoms with van der Waals surface area (Å²) in [6.07, 6.45) is 1.98. The molecule has 0 spiro atoms. The van der Waals surface area contributed by atoms with Gasteiger partial charge in [-0.15, -0.1) is 10.2 Å². The number of hydrogen-bond donors (Lipinski definition) is 3. The highest BCUT2D eigenvalue weighted by Crippen LogP contribution is 2.38. The number of aromatic amines is 1. The van der Waals surface area contributed by atoms with Gasteiger partial charge in [0.1, 0.15) is 11.8 Å². The molecular weight excluding hydrogens is 442 g/mol. The summed E-state index contributed by atoms with van der Waals surface area (Å²) in [4.78, 5) is 30.8. The van der Waals surface area contributed by atoms with E-state index in [-0.39, 0.29) is 11.7 Å². The van der Waals surface area contributed by atoms with Gasteiger partial charge in [-0.05, 0) is 44.4 Å². The fraction of sp³-hybridized carbons (Fsp3) is 0.455. The Balaban J connectivity index is 2.09. The highest BCUT2D eigenvalue weighted by Gasteiger charge is 2.38. The van der Waals surface area contributed by atoms with Gasteiger partial charge >= 0.3 is 6.09 Å². The normalized spacial score (nSPS) is 12.4. The van der Waals surface area contributed by atoms with Gasteiger partial charge in [-0.25, -0.2) is 9.78 Å².